The minimum atomic E-state index is -0.321. The minimum absolute atomic E-state index is 0.135. The Morgan fingerprint density at radius 2 is 1.88 bits per heavy atom. The Kier molecular flexibility index (Phi) is 6.43. The molecule has 0 bridgehead atoms. The molecule has 0 atom stereocenters. The highest BCUT2D eigenvalue weighted by Gasteiger charge is 2.18. The lowest BCUT2D eigenvalue weighted by atomic mass is 10.2. The van der Waals surface area contributed by atoms with Gasteiger partial charge in [0.25, 0.3) is 5.69 Å². The number of anilines is 2. The molecular formula is C17H27N4O4+. The van der Waals surface area contributed by atoms with Crippen LogP contribution in [0.2, 0.25) is 0 Å². The van der Waals surface area contributed by atoms with E-state index in [9.17, 15) is 10.1 Å². The maximum atomic E-state index is 11.3. The van der Waals surface area contributed by atoms with E-state index in [0.717, 1.165) is 64.6 Å². The molecule has 0 saturated carbocycles. The molecule has 138 valence electrons. The maximum Gasteiger partial charge on any atom is 0.292 e. The Hall–Kier alpha value is -1.90. The molecule has 0 radical (unpaired) electrons. The van der Waals surface area contributed by atoms with Gasteiger partial charge in [-0.25, -0.2) is 0 Å². The number of morpholine rings is 2. The molecule has 0 aromatic heterocycles. The zero-order valence-corrected chi connectivity index (χ0v) is 14.5. The van der Waals surface area contributed by atoms with Crippen LogP contribution in [0.5, 0.6) is 0 Å². The number of nitro benzene ring substituents is 1. The zero-order chi connectivity index (χ0) is 17.5. The van der Waals surface area contributed by atoms with Gasteiger partial charge in [0.05, 0.1) is 37.9 Å². The average molecular weight is 351 g/mol. The standard InChI is InChI=1S/C17H26N4O4/c22-21(23)17-3-2-15(20-8-12-25-13-9-20)14-16(17)18-4-1-5-19-6-10-24-11-7-19/h2-3,14,18H,1,4-13H2/p+1. The fourth-order valence-corrected chi connectivity index (χ4v) is 3.31. The third-order valence-corrected chi connectivity index (χ3v) is 4.78. The number of nitro groups is 1. The second-order valence-electron chi connectivity index (χ2n) is 6.45. The maximum absolute atomic E-state index is 11.3. The first kappa shape index (κ1) is 17.9. The molecule has 0 aliphatic carbocycles. The molecule has 1 aromatic carbocycles. The molecule has 2 aliphatic heterocycles. The van der Waals surface area contributed by atoms with Gasteiger partial charge in [-0.15, -0.1) is 0 Å². The number of hydrogen-bond donors (Lipinski definition) is 2. The third kappa shape index (κ3) is 5.04. The van der Waals surface area contributed by atoms with E-state index in [1.807, 2.05) is 12.1 Å². The Bertz CT molecular complexity index is 572. The van der Waals surface area contributed by atoms with Crippen LogP contribution in [-0.4, -0.2) is 70.6 Å². The van der Waals surface area contributed by atoms with E-state index in [1.54, 1.807) is 11.0 Å². The normalized spacial score (nSPS) is 19.0. The van der Waals surface area contributed by atoms with Crippen molar-refractivity contribution in [2.45, 2.75) is 6.42 Å². The number of benzene rings is 1. The summed E-state index contributed by atoms with van der Waals surface area (Å²) < 4.78 is 10.7. The lowest BCUT2D eigenvalue weighted by molar-refractivity contribution is -0.908. The summed E-state index contributed by atoms with van der Waals surface area (Å²) in [5, 5.41) is 14.6. The fraction of sp³-hybridized carbons (Fsp3) is 0.647. The topological polar surface area (TPSA) is 81.3 Å². The number of hydrogen-bond acceptors (Lipinski definition) is 6. The molecule has 1 aromatic rings. The van der Waals surface area contributed by atoms with Crippen molar-refractivity contribution in [3.8, 4) is 0 Å². The summed E-state index contributed by atoms with van der Waals surface area (Å²) in [5.74, 6) is 0. The molecule has 2 saturated heterocycles. The van der Waals surface area contributed by atoms with E-state index in [-0.39, 0.29) is 10.6 Å². The van der Waals surface area contributed by atoms with Gasteiger partial charge in [0, 0.05) is 37.8 Å². The number of nitrogens with zero attached hydrogens (tertiary/aromatic N) is 2. The van der Waals surface area contributed by atoms with Gasteiger partial charge in [-0.05, 0) is 12.1 Å². The Morgan fingerprint density at radius 3 is 2.60 bits per heavy atom. The van der Waals surface area contributed by atoms with Crippen LogP contribution in [0.4, 0.5) is 17.1 Å². The van der Waals surface area contributed by atoms with Crippen molar-refractivity contribution in [3.63, 3.8) is 0 Å². The van der Waals surface area contributed by atoms with Crippen LogP contribution in [0.1, 0.15) is 6.42 Å². The van der Waals surface area contributed by atoms with Gasteiger partial charge in [-0.3, -0.25) is 10.1 Å². The van der Waals surface area contributed by atoms with Crippen molar-refractivity contribution in [1.82, 2.24) is 0 Å². The van der Waals surface area contributed by atoms with Gasteiger partial charge in [-0.2, -0.15) is 0 Å². The van der Waals surface area contributed by atoms with E-state index < -0.39 is 0 Å². The van der Waals surface area contributed by atoms with Gasteiger partial charge in [0.2, 0.25) is 0 Å². The summed E-state index contributed by atoms with van der Waals surface area (Å²) in [6, 6.07) is 5.32. The molecule has 0 amide bonds. The minimum Gasteiger partial charge on any atom is -0.379 e. The first-order chi connectivity index (χ1) is 12.2. The molecule has 2 N–H and O–H groups in total. The lowest BCUT2D eigenvalue weighted by Crippen LogP contribution is -3.14. The molecule has 25 heavy (non-hydrogen) atoms. The summed E-state index contributed by atoms with van der Waals surface area (Å²) in [6.45, 7) is 8.58. The van der Waals surface area contributed by atoms with Crippen LogP contribution in [0.3, 0.4) is 0 Å². The lowest BCUT2D eigenvalue weighted by Gasteiger charge is -2.29. The summed E-state index contributed by atoms with van der Waals surface area (Å²) in [5.41, 5.74) is 1.75. The van der Waals surface area contributed by atoms with E-state index in [4.69, 9.17) is 9.47 Å². The second kappa shape index (κ2) is 8.98. The Balaban J connectivity index is 1.58. The van der Waals surface area contributed by atoms with E-state index in [1.165, 1.54) is 0 Å². The second-order valence-corrected chi connectivity index (χ2v) is 6.45. The molecule has 2 heterocycles. The van der Waals surface area contributed by atoms with Crippen LogP contribution in [0, 0.1) is 10.1 Å². The van der Waals surface area contributed by atoms with Gasteiger partial charge in [-0.1, -0.05) is 0 Å². The molecule has 3 rings (SSSR count). The van der Waals surface area contributed by atoms with Gasteiger partial charge < -0.3 is 24.6 Å². The number of rotatable bonds is 7. The Labute approximate surface area is 147 Å². The average Bonchev–Trinajstić information content (AvgIpc) is 2.66. The van der Waals surface area contributed by atoms with E-state index in [2.05, 4.69) is 10.2 Å². The van der Waals surface area contributed by atoms with Gasteiger partial charge in [0.15, 0.2) is 0 Å². The molecule has 8 heteroatoms. The summed E-state index contributed by atoms with van der Waals surface area (Å²) >= 11 is 0. The molecule has 8 nitrogen and oxygen atoms in total. The predicted octanol–water partition coefficient (Wildman–Crippen LogP) is 0.149. The number of quaternary nitrogens is 1. The van der Waals surface area contributed by atoms with Crippen LogP contribution in [-0.2, 0) is 9.47 Å². The number of nitrogens with one attached hydrogen (secondary N) is 2. The van der Waals surface area contributed by atoms with Crippen molar-refractivity contribution in [1.29, 1.82) is 0 Å². The van der Waals surface area contributed by atoms with Crippen LogP contribution in [0.15, 0.2) is 18.2 Å². The SMILES string of the molecule is O=[N+]([O-])c1ccc(N2CCOCC2)cc1NCCC[NH+]1CCOCC1. The zero-order valence-electron chi connectivity index (χ0n) is 14.5. The van der Waals surface area contributed by atoms with Crippen molar-refractivity contribution < 1.29 is 19.3 Å². The van der Waals surface area contributed by atoms with E-state index in [0.29, 0.717) is 18.9 Å². The monoisotopic (exact) mass is 351 g/mol. The molecule has 0 spiro atoms. The third-order valence-electron chi connectivity index (χ3n) is 4.78. The van der Waals surface area contributed by atoms with E-state index >= 15 is 0 Å². The largest absolute Gasteiger partial charge is 0.379 e. The number of ether oxygens (including phenoxy) is 2. The first-order valence-electron chi connectivity index (χ1n) is 9.00. The summed E-state index contributed by atoms with van der Waals surface area (Å²) in [7, 11) is 0. The quantitative estimate of drug-likeness (QED) is 0.413. The summed E-state index contributed by atoms with van der Waals surface area (Å²) in [4.78, 5) is 14.7. The van der Waals surface area contributed by atoms with Crippen LogP contribution < -0.4 is 15.1 Å². The van der Waals surface area contributed by atoms with Crippen molar-refractivity contribution in [3.05, 3.63) is 28.3 Å². The van der Waals surface area contributed by atoms with Crippen LogP contribution >= 0.6 is 0 Å². The fourth-order valence-electron chi connectivity index (χ4n) is 3.31. The molecular weight excluding hydrogens is 324 g/mol. The van der Waals surface area contributed by atoms with Crippen molar-refractivity contribution in [2.24, 2.45) is 0 Å². The van der Waals surface area contributed by atoms with Crippen molar-refractivity contribution >= 4 is 17.1 Å². The highest BCUT2D eigenvalue weighted by Crippen LogP contribution is 2.29. The summed E-state index contributed by atoms with van der Waals surface area (Å²) in [6.07, 6.45) is 0.980. The molecule has 0 unspecified atom stereocenters. The molecule has 2 fully saturated rings. The molecule has 2 aliphatic rings. The Morgan fingerprint density at radius 1 is 1.16 bits per heavy atom. The van der Waals surface area contributed by atoms with Gasteiger partial charge >= 0.3 is 0 Å². The highest BCUT2D eigenvalue weighted by molar-refractivity contribution is 5.69. The van der Waals surface area contributed by atoms with Crippen molar-refractivity contribution in [2.75, 3.05) is 75.9 Å². The van der Waals surface area contributed by atoms with Crippen LogP contribution in [0.25, 0.3) is 0 Å². The first-order valence-corrected chi connectivity index (χ1v) is 9.00. The highest BCUT2D eigenvalue weighted by atomic mass is 16.6. The van der Waals surface area contributed by atoms with Gasteiger partial charge in [0.1, 0.15) is 18.8 Å². The predicted molar refractivity (Wildman–Crippen MR) is 95.6 cm³/mol. The smallest absolute Gasteiger partial charge is 0.292 e.